The third-order valence-corrected chi connectivity index (χ3v) is 11.2. The molecular weight excluding hydrogens is 683 g/mol. The Bertz CT molecular complexity index is 2850. The van der Waals surface area contributed by atoms with Crippen LogP contribution in [0.2, 0.25) is 0 Å². The quantitative estimate of drug-likeness (QED) is 0.178. The molecular formula is C52H33N3O. The van der Waals surface area contributed by atoms with Gasteiger partial charge in [-0.1, -0.05) is 176 Å². The molecule has 0 N–H and O–H groups in total. The van der Waals surface area contributed by atoms with E-state index in [1.807, 2.05) is 60.7 Å². The monoisotopic (exact) mass is 715 g/mol. The Morgan fingerprint density at radius 1 is 0.286 bits per heavy atom. The van der Waals surface area contributed by atoms with E-state index in [4.69, 9.17) is 19.7 Å². The Labute approximate surface area is 325 Å². The van der Waals surface area contributed by atoms with Crippen molar-refractivity contribution in [1.82, 2.24) is 15.0 Å². The molecule has 4 nitrogen and oxygen atoms in total. The van der Waals surface area contributed by atoms with E-state index in [1.54, 1.807) is 0 Å². The predicted molar refractivity (Wildman–Crippen MR) is 224 cm³/mol. The van der Waals surface area contributed by atoms with Gasteiger partial charge in [-0.3, -0.25) is 0 Å². The van der Waals surface area contributed by atoms with Crippen molar-refractivity contribution < 1.29 is 4.74 Å². The van der Waals surface area contributed by atoms with E-state index in [9.17, 15) is 0 Å². The van der Waals surface area contributed by atoms with Gasteiger partial charge in [-0.2, -0.15) is 0 Å². The second-order valence-electron chi connectivity index (χ2n) is 14.3. The largest absolute Gasteiger partial charge is 0.457 e. The number of hydrogen-bond donors (Lipinski definition) is 0. The molecule has 11 rings (SSSR count). The average molecular weight is 716 g/mol. The number of ether oxygens (including phenoxy) is 1. The fourth-order valence-corrected chi connectivity index (χ4v) is 8.77. The Hall–Kier alpha value is -7.43. The third-order valence-electron chi connectivity index (χ3n) is 11.2. The van der Waals surface area contributed by atoms with E-state index in [0.717, 1.165) is 61.6 Å². The van der Waals surface area contributed by atoms with Crippen LogP contribution in [-0.2, 0) is 5.41 Å². The number of para-hydroxylation sites is 1. The molecule has 0 fully saturated rings. The number of hydrogen-bond acceptors (Lipinski definition) is 4. The van der Waals surface area contributed by atoms with Crippen LogP contribution >= 0.6 is 0 Å². The minimum absolute atomic E-state index is 0.534. The molecule has 0 radical (unpaired) electrons. The second kappa shape index (κ2) is 12.9. The molecule has 0 saturated heterocycles. The molecule has 1 spiro atoms. The highest BCUT2D eigenvalue weighted by Gasteiger charge is 2.51. The van der Waals surface area contributed by atoms with Gasteiger partial charge in [-0.25, -0.2) is 15.0 Å². The summed E-state index contributed by atoms with van der Waals surface area (Å²) < 4.78 is 6.73. The minimum Gasteiger partial charge on any atom is -0.457 e. The highest BCUT2D eigenvalue weighted by Crippen LogP contribution is 2.62. The zero-order valence-electron chi connectivity index (χ0n) is 30.3. The highest BCUT2D eigenvalue weighted by molar-refractivity contribution is 5.91. The lowest BCUT2D eigenvalue weighted by molar-refractivity contribution is 0.436. The van der Waals surface area contributed by atoms with Crippen molar-refractivity contribution in [2.75, 3.05) is 0 Å². The molecule has 4 heteroatoms. The van der Waals surface area contributed by atoms with E-state index < -0.39 is 5.41 Å². The lowest BCUT2D eigenvalue weighted by atomic mass is 9.65. The number of fused-ring (bicyclic) bond motifs is 9. The predicted octanol–water partition coefficient (Wildman–Crippen LogP) is 12.7. The molecule has 1 aliphatic carbocycles. The van der Waals surface area contributed by atoms with Gasteiger partial charge in [-0.15, -0.1) is 0 Å². The number of nitrogens with zero attached hydrogens (tertiary/aromatic N) is 3. The van der Waals surface area contributed by atoms with E-state index in [1.165, 1.54) is 22.3 Å². The normalized spacial score (nSPS) is 12.9. The Kier molecular flexibility index (Phi) is 7.36. The van der Waals surface area contributed by atoms with E-state index >= 15 is 0 Å². The van der Waals surface area contributed by atoms with Gasteiger partial charge < -0.3 is 4.74 Å². The van der Waals surface area contributed by atoms with Crippen LogP contribution in [0.3, 0.4) is 0 Å². The zero-order valence-corrected chi connectivity index (χ0v) is 30.3. The van der Waals surface area contributed by atoms with Crippen LogP contribution in [0.4, 0.5) is 0 Å². The van der Waals surface area contributed by atoms with Crippen LogP contribution in [0.15, 0.2) is 200 Å². The van der Waals surface area contributed by atoms with Gasteiger partial charge in [0.25, 0.3) is 0 Å². The standard InChI is InChI=1S/C52H33N3O/c1-3-16-34(17-4-1)49-53-50(35-18-5-2-6-19-35)55-51(54-49)38-21-15-20-36(32-38)39-22-7-8-23-40(39)37-30-31-48-46(33-37)52(45-28-13-14-29-47(45)56-48)43-26-11-9-24-41(43)42-25-10-12-27-44(42)52/h1-33H. The number of rotatable bonds is 5. The first-order chi connectivity index (χ1) is 27.8. The lowest BCUT2D eigenvalue weighted by Crippen LogP contribution is -2.32. The maximum absolute atomic E-state index is 6.73. The topological polar surface area (TPSA) is 47.9 Å². The van der Waals surface area contributed by atoms with E-state index in [-0.39, 0.29) is 0 Å². The summed E-state index contributed by atoms with van der Waals surface area (Å²) in [5, 5.41) is 0. The van der Waals surface area contributed by atoms with Crippen LogP contribution in [0, 0.1) is 0 Å². The van der Waals surface area contributed by atoms with Crippen molar-refractivity contribution in [3.63, 3.8) is 0 Å². The smallest absolute Gasteiger partial charge is 0.164 e. The van der Waals surface area contributed by atoms with Crippen molar-refractivity contribution in [2.24, 2.45) is 0 Å². The molecule has 2 heterocycles. The Balaban J connectivity index is 1.07. The Morgan fingerprint density at radius 2 is 0.714 bits per heavy atom. The number of aromatic nitrogens is 3. The van der Waals surface area contributed by atoms with Gasteiger partial charge >= 0.3 is 0 Å². The van der Waals surface area contributed by atoms with E-state index in [2.05, 4.69) is 140 Å². The first kappa shape index (κ1) is 32.0. The summed E-state index contributed by atoms with van der Waals surface area (Å²) in [6.07, 6.45) is 0. The molecule has 2 aliphatic rings. The molecule has 56 heavy (non-hydrogen) atoms. The molecule has 8 aromatic carbocycles. The molecule has 1 aromatic heterocycles. The molecule has 0 atom stereocenters. The van der Waals surface area contributed by atoms with Crippen LogP contribution in [0.1, 0.15) is 22.3 Å². The summed E-state index contributed by atoms with van der Waals surface area (Å²) in [5.74, 6) is 3.67. The van der Waals surface area contributed by atoms with Gasteiger partial charge in [0.2, 0.25) is 0 Å². The summed E-state index contributed by atoms with van der Waals surface area (Å²) in [6.45, 7) is 0. The molecule has 262 valence electrons. The van der Waals surface area contributed by atoms with Gasteiger partial charge in [0.05, 0.1) is 5.41 Å². The van der Waals surface area contributed by atoms with E-state index in [0.29, 0.717) is 17.5 Å². The molecule has 0 unspecified atom stereocenters. The van der Waals surface area contributed by atoms with Crippen molar-refractivity contribution in [3.8, 4) is 79.0 Å². The fourth-order valence-electron chi connectivity index (χ4n) is 8.77. The van der Waals surface area contributed by atoms with Crippen molar-refractivity contribution in [3.05, 3.63) is 222 Å². The summed E-state index contributed by atoms with van der Waals surface area (Å²) >= 11 is 0. The summed E-state index contributed by atoms with van der Waals surface area (Å²) in [7, 11) is 0. The fraction of sp³-hybridized carbons (Fsp3) is 0.0192. The summed E-state index contributed by atoms with van der Waals surface area (Å²) in [4.78, 5) is 15.0. The summed E-state index contributed by atoms with van der Waals surface area (Å²) in [6, 6.07) is 70.3. The average Bonchev–Trinajstić information content (AvgIpc) is 3.57. The molecule has 0 amide bonds. The summed E-state index contributed by atoms with van der Waals surface area (Å²) in [5.41, 5.74) is 14.1. The molecule has 0 bridgehead atoms. The first-order valence-electron chi connectivity index (χ1n) is 18.9. The van der Waals surface area contributed by atoms with Gasteiger partial charge in [-0.05, 0) is 68.8 Å². The molecule has 0 saturated carbocycles. The molecule has 9 aromatic rings. The van der Waals surface area contributed by atoms with Crippen molar-refractivity contribution >= 4 is 0 Å². The van der Waals surface area contributed by atoms with Crippen LogP contribution in [0.25, 0.3) is 67.5 Å². The van der Waals surface area contributed by atoms with Crippen molar-refractivity contribution in [1.29, 1.82) is 0 Å². The Morgan fingerprint density at radius 3 is 1.32 bits per heavy atom. The maximum Gasteiger partial charge on any atom is 0.164 e. The minimum atomic E-state index is -0.534. The zero-order chi connectivity index (χ0) is 37.1. The lowest BCUT2D eigenvalue weighted by Gasteiger charge is -2.39. The SMILES string of the molecule is c1ccc(-c2nc(-c3ccccc3)nc(-c3cccc(-c4ccccc4-c4ccc5c(c4)C4(c6ccccc6O5)c5ccccc5-c5ccccc54)c3)n2)cc1. The third kappa shape index (κ3) is 4.96. The first-order valence-corrected chi connectivity index (χ1v) is 18.9. The highest BCUT2D eigenvalue weighted by atomic mass is 16.5. The van der Waals surface area contributed by atoms with Gasteiger partial charge in [0, 0.05) is 27.8 Å². The van der Waals surface area contributed by atoms with Crippen LogP contribution in [-0.4, -0.2) is 15.0 Å². The van der Waals surface area contributed by atoms with Crippen LogP contribution in [0.5, 0.6) is 11.5 Å². The van der Waals surface area contributed by atoms with Gasteiger partial charge in [0.1, 0.15) is 11.5 Å². The molecule has 1 aliphatic heterocycles. The van der Waals surface area contributed by atoms with Crippen LogP contribution < -0.4 is 4.74 Å². The second-order valence-corrected chi connectivity index (χ2v) is 14.3. The van der Waals surface area contributed by atoms with Crippen molar-refractivity contribution in [2.45, 2.75) is 5.41 Å². The maximum atomic E-state index is 6.73. The number of benzene rings is 8. The van der Waals surface area contributed by atoms with Gasteiger partial charge in [0.15, 0.2) is 17.5 Å².